The molecule has 0 bridgehead atoms. The highest BCUT2D eigenvalue weighted by atomic mass is 16.2. The molecule has 1 heterocycles. The minimum absolute atomic E-state index is 0.0576. The van der Waals surface area contributed by atoms with Crippen LogP contribution in [0, 0.1) is 0 Å². The van der Waals surface area contributed by atoms with Crippen molar-refractivity contribution < 1.29 is 9.59 Å². The summed E-state index contributed by atoms with van der Waals surface area (Å²) in [5, 5.41) is 4.05. The molecule has 1 aromatic carbocycles. The van der Waals surface area contributed by atoms with Crippen molar-refractivity contribution in [2.75, 3.05) is 0 Å². The number of nitrogens with zero attached hydrogens (tertiary/aromatic N) is 1. The fraction of sp³-hybridized carbons (Fsp3) is 0.308. The molecule has 1 amide bonds. The van der Waals surface area contributed by atoms with Gasteiger partial charge in [-0.05, 0) is 12.5 Å². The molecule has 0 saturated heterocycles. The fourth-order valence-corrected chi connectivity index (χ4v) is 1.89. The molecular formula is C13H14N2O2. The number of hydrogen-bond acceptors (Lipinski definition) is 3. The molecule has 1 N–H and O–H groups in total. The Morgan fingerprint density at radius 3 is 2.76 bits per heavy atom. The second-order valence-corrected chi connectivity index (χ2v) is 4.13. The zero-order valence-corrected chi connectivity index (χ0v) is 9.69. The first-order valence-electron chi connectivity index (χ1n) is 5.60. The van der Waals surface area contributed by atoms with E-state index in [-0.39, 0.29) is 11.7 Å². The van der Waals surface area contributed by atoms with Crippen LogP contribution in [0.2, 0.25) is 0 Å². The maximum Gasteiger partial charge on any atom is 0.240 e. The van der Waals surface area contributed by atoms with Gasteiger partial charge in [-0.15, -0.1) is 0 Å². The summed E-state index contributed by atoms with van der Waals surface area (Å²) in [6.45, 7) is 1.57. The maximum atomic E-state index is 11.2. The van der Waals surface area contributed by atoms with E-state index < -0.39 is 0 Å². The van der Waals surface area contributed by atoms with Crippen LogP contribution in [0.25, 0.3) is 0 Å². The number of nitrogens with one attached hydrogen (secondary N) is 1. The van der Waals surface area contributed by atoms with Crippen LogP contribution < -0.4 is 5.43 Å². The molecule has 0 saturated carbocycles. The highest BCUT2D eigenvalue weighted by Gasteiger charge is 2.16. The number of ketones is 1. The van der Waals surface area contributed by atoms with Crippen molar-refractivity contribution in [1.29, 1.82) is 0 Å². The summed E-state index contributed by atoms with van der Waals surface area (Å²) < 4.78 is 0. The molecule has 2 rings (SSSR count). The Morgan fingerprint density at radius 1 is 1.35 bits per heavy atom. The van der Waals surface area contributed by atoms with Gasteiger partial charge in [-0.2, -0.15) is 5.10 Å². The first kappa shape index (κ1) is 11.5. The third-order valence-corrected chi connectivity index (χ3v) is 2.67. The molecule has 17 heavy (non-hydrogen) atoms. The number of Topliss-reactive ketones (excluding diaryl/α,β-unsaturated/α-hetero) is 1. The summed E-state index contributed by atoms with van der Waals surface area (Å²) in [5.74, 6) is 0.0655. The van der Waals surface area contributed by atoms with Crippen molar-refractivity contribution in [3.63, 3.8) is 0 Å². The molecule has 1 aliphatic heterocycles. The number of amides is 1. The average Bonchev–Trinajstić information content (AvgIpc) is 2.30. The van der Waals surface area contributed by atoms with Crippen LogP contribution in [-0.4, -0.2) is 17.4 Å². The standard InChI is InChI=1S/C13H14N2O2/c1-9(16)8-10-4-2-3-5-11(10)12-6-7-13(17)15-14-12/h2-5H,6-8H2,1H3,(H,15,17). The van der Waals surface area contributed by atoms with Gasteiger partial charge in [-0.3, -0.25) is 9.59 Å². The first-order valence-corrected chi connectivity index (χ1v) is 5.60. The van der Waals surface area contributed by atoms with Crippen LogP contribution in [0.3, 0.4) is 0 Å². The van der Waals surface area contributed by atoms with Crippen molar-refractivity contribution in [2.45, 2.75) is 26.2 Å². The lowest BCUT2D eigenvalue weighted by molar-refractivity contribution is -0.121. The summed E-state index contributed by atoms with van der Waals surface area (Å²) >= 11 is 0. The minimum atomic E-state index is -0.0576. The highest BCUT2D eigenvalue weighted by molar-refractivity contribution is 6.05. The van der Waals surface area contributed by atoms with Gasteiger partial charge in [0.2, 0.25) is 5.91 Å². The largest absolute Gasteiger partial charge is 0.300 e. The Bertz CT molecular complexity index is 492. The molecule has 4 nitrogen and oxygen atoms in total. The molecule has 0 aromatic heterocycles. The molecule has 4 heteroatoms. The van der Waals surface area contributed by atoms with Gasteiger partial charge < -0.3 is 0 Å². The van der Waals surface area contributed by atoms with Crippen LogP contribution in [0.4, 0.5) is 0 Å². The highest BCUT2D eigenvalue weighted by Crippen LogP contribution is 2.15. The van der Waals surface area contributed by atoms with E-state index in [1.165, 1.54) is 0 Å². The SMILES string of the molecule is CC(=O)Cc1ccccc1C1=NNC(=O)CC1. The number of benzene rings is 1. The summed E-state index contributed by atoms with van der Waals surface area (Å²) in [6, 6.07) is 7.69. The van der Waals surface area contributed by atoms with Gasteiger partial charge in [0, 0.05) is 24.8 Å². The van der Waals surface area contributed by atoms with Crippen LogP contribution in [0.1, 0.15) is 30.9 Å². The summed E-state index contributed by atoms with van der Waals surface area (Å²) in [5.41, 5.74) is 5.25. The fourth-order valence-electron chi connectivity index (χ4n) is 1.89. The summed E-state index contributed by atoms with van der Waals surface area (Å²) in [4.78, 5) is 22.2. The van der Waals surface area contributed by atoms with Gasteiger partial charge in [0.25, 0.3) is 0 Å². The Balaban J connectivity index is 2.31. The smallest absolute Gasteiger partial charge is 0.240 e. The van der Waals surface area contributed by atoms with E-state index in [9.17, 15) is 9.59 Å². The zero-order valence-electron chi connectivity index (χ0n) is 9.69. The molecule has 1 aromatic rings. The predicted molar refractivity (Wildman–Crippen MR) is 64.7 cm³/mol. The topological polar surface area (TPSA) is 58.5 Å². The predicted octanol–water partition coefficient (Wildman–Crippen LogP) is 1.43. The number of hydrogen-bond donors (Lipinski definition) is 1. The Morgan fingerprint density at radius 2 is 2.12 bits per heavy atom. The number of carbonyl (C=O) groups excluding carboxylic acids is 2. The molecule has 88 valence electrons. The van der Waals surface area contributed by atoms with Crippen LogP contribution in [0.15, 0.2) is 29.4 Å². The summed E-state index contributed by atoms with van der Waals surface area (Å²) in [6.07, 6.45) is 1.48. The van der Waals surface area contributed by atoms with Crippen LogP contribution in [0.5, 0.6) is 0 Å². The minimum Gasteiger partial charge on any atom is -0.300 e. The second kappa shape index (κ2) is 4.91. The van der Waals surface area contributed by atoms with Crippen molar-refractivity contribution in [3.05, 3.63) is 35.4 Å². The Kier molecular flexibility index (Phi) is 3.32. The van der Waals surface area contributed by atoms with Gasteiger partial charge in [-0.25, -0.2) is 5.43 Å². The zero-order chi connectivity index (χ0) is 12.3. The van der Waals surface area contributed by atoms with Gasteiger partial charge in [0.1, 0.15) is 5.78 Å². The number of carbonyl (C=O) groups is 2. The van der Waals surface area contributed by atoms with Crippen molar-refractivity contribution in [2.24, 2.45) is 5.10 Å². The van der Waals surface area contributed by atoms with Crippen LogP contribution >= 0.6 is 0 Å². The quantitative estimate of drug-likeness (QED) is 0.854. The van der Waals surface area contributed by atoms with Crippen molar-refractivity contribution >= 4 is 17.4 Å². The van der Waals surface area contributed by atoms with E-state index in [1.807, 2.05) is 24.3 Å². The molecular weight excluding hydrogens is 216 g/mol. The Hall–Kier alpha value is -1.97. The van der Waals surface area contributed by atoms with Gasteiger partial charge in [0.05, 0.1) is 5.71 Å². The molecule has 0 spiro atoms. The van der Waals surface area contributed by atoms with Crippen LogP contribution in [-0.2, 0) is 16.0 Å². The van der Waals surface area contributed by atoms with E-state index in [0.29, 0.717) is 19.3 Å². The third-order valence-electron chi connectivity index (χ3n) is 2.67. The lowest BCUT2D eigenvalue weighted by Gasteiger charge is -2.14. The molecule has 0 atom stereocenters. The maximum absolute atomic E-state index is 11.2. The van der Waals surface area contributed by atoms with E-state index in [0.717, 1.165) is 16.8 Å². The monoisotopic (exact) mass is 230 g/mol. The van der Waals surface area contributed by atoms with Gasteiger partial charge in [-0.1, -0.05) is 24.3 Å². The van der Waals surface area contributed by atoms with Gasteiger partial charge >= 0.3 is 0 Å². The molecule has 0 unspecified atom stereocenters. The summed E-state index contributed by atoms with van der Waals surface area (Å²) in [7, 11) is 0. The van der Waals surface area contributed by atoms with E-state index in [1.54, 1.807) is 6.92 Å². The first-order chi connectivity index (χ1) is 8.16. The van der Waals surface area contributed by atoms with Gasteiger partial charge in [0.15, 0.2) is 0 Å². The average molecular weight is 230 g/mol. The molecule has 0 aliphatic carbocycles. The number of rotatable bonds is 3. The molecule has 0 fully saturated rings. The second-order valence-electron chi connectivity index (χ2n) is 4.13. The molecule has 0 radical (unpaired) electrons. The normalized spacial score (nSPS) is 15.1. The number of hydrazone groups is 1. The van der Waals surface area contributed by atoms with E-state index in [2.05, 4.69) is 10.5 Å². The lowest BCUT2D eigenvalue weighted by atomic mass is 9.96. The molecule has 1 aliphatic rings. The Labute approximate surface area is 99.7 Å². The lowest BCUT2D eigenvalue weighted by Crippen LogP contribution is -2.26. The van der Waals surface area contributed by atoms with E-state index in [4.69, 9.17) is 0 Å². The van der Waals surface area contributed by atoms with Crippen molar-refractivity contribution in [3.8, 4) is 0 Å². The van der Waals surface area contributed by atoms with E-state index >= 15 is 0 Å². The van der Waals surface area contributed by atoms with Crippen molar-refractivity contribution in [1.82, 2.24) is 5.43 Å². The third kappa shape index (κ3) is 2.78.